The SMILES string of the molecule is N[C@@H](COP(=O)(O)O)C(=O)N[C@@H](CCC(=O)O)C(=O)N[C@@H](CC(=O)O)C(=O)N[C@@H](CCC(=O)O)C(=O)N[C@@H](CCC(=O)O)C(=O)N[C@@H](CCC(=O)O)C(=O)O. The Morgan fingerprint density at radius 2 is 0.764 bits per heavy atom. The minimum atomic E-state index is -5.11. The van der Waals surface area contributed by atoms with Gasteiger partial charge in [-0.1, -0.05) is 0 Å². The highest BCUT2D eigenvalue weighted by molar-refractivity contribution is 7.46. The number of phosphoric ester groups is 1. The fraction of sp³-hybridized carbons (Fsp3) is 0.593. The zero-order valence-electron chi connectivity index (χ0n) is 28.4. The summed E-state index contributed by atoms with van der Waals surface area (Å²) in [4.78, 5) is 150. The third-order valence-electron chi connectivity index (χ3n) is 6.87. The van der Waals surface area contributed by atoms with Gasteiger partial charge in [-0.15, -0.1) is 0 Å². The fourth-order valence-corrected chi connectivity index (χ4v) is 4.49. The largest absolute Gasteiger partial charge is 0.481 e. The van der Waals surface area contributed by atoms with E-state index in [1.807, 2.05) is 26.6 Å². The molecule has 0 aromatic rings. The molecule has 0 heterocycles. The molecule has 6 atom stereocenters. The van der Waals surface area contributed by atoms with E-state index in [0.29, 0.717) is 0 Å². The van der Waals surface area contributed by atoms with Gasteiger partial charge in [0.2, 0.25) is 29.5 Å². The smallest absolute Gasteiger partial charge is 0.469 e. The molecule has 0 unspecified atom stereocenters. The molecule has 0 aliphatic rings. The van der Waals surface area contributed by atoms with Gasteiger partial charge < -0.3 is 72.7 Å². The molecule has 0 fully saturated rings. The Morgan fingerprint density at radius 3 is 1.07 bits per heavy atom. The number of phosphoric acid groups is 1. The summed E-state index contributed by atoms with van der Waals surface area (Å²) in [5.41, 5.74) is 5.47. The fourth-order valence-electron chi connectivity index (χ4n) is 4.14. The highest BCUT2D eigenvalue weighted by Gasteiger charge is 2.34. The molecule has 0 aliphatic heterocycles. The summed E-state index contributed by atoms with van der Waals surface area (Å²) in [6.07, 6.45) is -7.33. The van der Waals surface area contributed by atoms with Crippen LogP contribution in [0.1, 0.15) is 57.8 Å². The van der Waals surface area contributed by atoms with E-state index in [-0.39, 0.29) is 0 Å². The van der Waals surface area contributed by atoms with Crippen LogP contribution in [-0.4, -0.2) is 149 Å². The lowest BCUT2D eigenvalue weighted by atomic mass is 10.0. The maximum Gasteiger partial charge on any atom is 0.469 e. The highest BCUT2D eigenvalue weighted by atomic mass is 31.2. The lowest BCUT2D eigenvalue weighted by Crippen LogP contribution is -2.59. The number of carboxylic acid groups (broad SMARTS) is 6. The number of carbonyl (C=O) groups is 11. The number of hydrogen-bond acceptors (Lipinski definition) is 14. The van der Waals surface area contributed by atoms with Crippen LogP contribution < -0.4 is 32.3 Å². The zero-order valence-corrected chi connectivity index (χ0v) is 29.3. The normalized spacial score (nSPS) is 14.3. The van der Waals surface area contributed by atoms with E-state index in [1.54, 1.807) is 0 Å². The Hall–Kier alpha value is -5.76. The van der Waals surface area contributed by atoms with Crippen molar-refractivity contribution >= 4 is 73.2 Å². The number of nitrogens with one attached hydrogen (secondary N) is 5. The quantitative estimate of drug-likeness (QED) is 0.0328. The van der Waals surface area contributed by atoms with Gasteiger partial charge in [0.1, 0.15) is 36.3 Å². The summed E-state index contributed by atoms with van der Waals surface area (Å²) in [5.74, 6) is -16.4. The van der Waals surface area contributed by atoms with E-state index < -0.39 is 174 Å². The van der Waals surface area contributed by atoms with Crippen molar-refractivity contribution < 1.29 is 102 Å². The first-order valence-corrected chi connectivity index (χ1v) is 17.1. The number of amides is 5. The van der Waals surface area contributed by atoms with Gasteiger partial charge in [0.05, 0.1) is 13.0 Å². The van der Waals surface area contributed by atoms with Crippen molar-refractivity contribution in [1.82, 2.24) is 26.6 Å². The molecule has 15 N–H and O–H groups in total. The molecule has 27 nitrogen and oxygen atoms in total. The van der Waals surface area contributed by atoms with Gasteiger partial charge in [-0.25, -0.2) is 9.36 Å². The number of nitrogens with two attached hydrogens (primary N) is 1. The minimum Gasteiger partial charge on any atom is -0.481 e. The van der Waals surface area contributed by atoms with Crippen LogP contribution in [0, 0.1) is 0 Å². The average Bonchev–Trinajstić information content (AvgIpc) is 3.05. The van der Waals surface area contributed by atoms with Crippen LogP contribution in [-0.2, 0) is 61.8 Å². The van der Waals surface area contributed by atoms with Gasteiger partial charge in [-0.3, -0.25) is 52.5 Å². The summed E-state index contributed by atoms with van der Waals surface area (Å²) in [6, 6.07) is -11.6. The molecule has 0 saturated heterocycles. The monoisotopic (exact) mass is 816 g/mol. The van der Waals surface area contributed by atoms with Crippen molar-refractivity contribution in [3.05, 3.63) is 0 Å². The first kappa shape index (κ1) is 49.2. The molecular formula is C27H41N6O21P. The lowest BCUT2D eigenvalue weighted by molar-refractivity contribution is -0.144. The maximum atomic E-state index is 13.3. The molecule has 0 saturated carbocycles. The zero-order chi connectivity index (χ0) is 42.6. The van der Waals surface area contributed by atoms with Crippen LogP contribution in [0.4, 0.5) is 0 Å². The average molecular weight is 817 g/mol. The molecule has 0 rings (SSSR count). The predicted molar refractivity (Wildman–Crippen MR) is 173 cm³/mol. The molecule has 55 heavy (non-hydrogen) atoms. The molecule has 310 valence electrons. The first-order valence-electron chi connectivity index (χ1n) is 15.6. The number of carbonyl (C=O) groups excluding carboxylic acids is 5. The number of hydrogen-bond donors (Lipinski definition) is 14. The third-order valence-corrected chi connectivity index (χ3v) is 7.36. The molecule has 0 aliphatic carbocycles. The molecule has 28 heteroatoms. The van der Waals surface area contributed by atoms with Crippen LogP contribution in [0.25, 0.3) is 0 Å². The molecular weight excluding hydrogens is 775 g/mol. The van der Waals surface area contributed by atoms with E-state index in [2.05, 4.69) is 4.52 Å². The van der Waals surface area contributed by atoms with Gasteiger partial charge >= 0.3 is 43.6 Å². The van der Waals surface area contributed by atoms with E-state index in [1.165, 1.54) is 0 Å². The standard InChI is InChI=1S/C27H41N6O21P/c28-11(10-54-55(51,52)53)22(44)29-12(1-5-17(34)35)25(47)33-16(9-21(42)43)26(48)31-13(2-6-18(36)37)23(45)30-14(3-7-19(38)39)24(46)32-15(27(49)50)4-8-20(40)41/h11-16H,1-10,28H2,(H,29,44)(H,30,45)(H,31,48)(H,32,46)(H,33,47)(H,34,35)(H,36,37)(H,38,39)(H,40,41)(H,42,43)(H,49,50)(H2,51,52,53)/t11-,12-,13-,14-,15-,16-/m0/s1. The van der Waals surface area contributed by atoms with E-state index >= 15 is 0 Å². The maximum absolute atomic E-state index is 13.3. The first-order chi connectivity index (χ1) is 25.3. The molecule has 0 spiro atoms. The summed E-state index contributed by atoms with van der Waals surface area (Å²) in [6.45, 7) is -1.09. The van der Waals surface area contributed by atoms with Crippen molar-refractivity contribution in [2.24, 2.45) is 5.73 Å². The Labute approximate surface area is 308 Å². The lowest BCUT2D eigenvalue weighted by Gasteiger charge is -2.26. The van der Waals surface area contributed by atoms with E-state index in [0.717, 1.165) is 0 Å². The van der Waals surface area contributed by atoms with Crippen LogP contribution in [0.5, 0.6) is 0 Å². The summed E-state index contributed by atoms with van der Waals surface area (Å²) < 4.78 is 15.0. The molecule has 0 radical (unpaired) electrons. The summed E-state index contributed by atoms with van der Waals surface area (Å²) in [5, 5.41) is 64.7. The van der Waals surface area contributed by atoms with Gasteiger partial charge in [-0.05, 0) is 25.7 Å². The van der Waals surface area contributed by atoms with Crippen LogP contribution >= 0.6 is 7.82 Å². The Bertz CT molecular complexity index is 1520. The number of aliphatic carboxylic acids is 6. The van der Waals surface area contributed by atoms with Crippen LogP contribution in [0.2, 0.25) is 0 Å². The van der Waals surface area contributed by atoms with Gasteiger partial charge in [0.25, 0.3) is 0 Å². The van der Waals surface area contributed by atoms with Gasteiger partial charge in [0.15, 0.2) is 0 Å². The second-order valence-electron chi connectivity index (χ2n) is 11.4. The predicted octanol–water partition coefficient (Wildman–Crippen LogP) is -5.13. The van der Waals surface area contributed by atoms with Crippen molar-refractivity contribution in [3.63, 3.8) is 0 Å². The van der Waals surface area contributed by atoms with Crippen molar-refractivity contribution in [2.45, 2.75) is 94.0 Å². The summed E-state index contributed by atoms with van der Waals surface area (Å²) >= 11 is 0. The van der Waals surface area contributed by atoms with Gasteiger partial charge in [-0.2, -0.15) is 0 Å². The topological polar surface area (TPSA) is 462 Å². The van der Waals surface area contributed by atoms with Crippen molar-refractivity contribution in [1.29, 1.82) is 0 Å². The molecule has 0 aromatic carbocycles. The number of carboxylic acids is 6. The van der Waals surface area contributed by atoms with Crippen LogP contribution in [0.15, 0.2) is 0 Å². The van der Waals surface area contributed by atoms with Crippen molar-refractivity contribution in [3.8, 4) is 0 Å². The minimum absolute atomic E-state index is 0.636. The summed E-state index contributed by atoms with van der Waals surface area (Å²) in [7, 11) is -5.11. The van der Waals surface area contributed by atoms with Crippen LogP contribution in [0.3, 0.4) is 0 Å². The second-order valence-corrected chi connectivity index (χ2v) is 12.6. The third kappa shape index (κ3) is 22.1. The highest BCUT2D eigenvalue weighted by Crippen LogP contribution is 2.35. The number of rotatable bonds is 28. The molecule has 0 aromatic heterocycles. The molecule has 5 amide bonds. The Balaban J connectivity index is 6.35. The van der Waals surface area contributed by atoms with Gasteiger partial charge in [0, 0.05) is 25.7 Å². The van der Waals surface area contributed by atoms with E-state index in [9.17, 15) is 72.6 Å². The Kier molecular flexibility index (Phi) is 21.3. The molecule has 0 bridgehead atoms. The van der Waals surface area contributed by atoms with Crippen molar-refractivity contribution in [2.75, 3.05) is 6.61 Å². The Morgan fingerprint density at radius 1 is 0.473 bits per heavy atom. The van der Waals surface area contributed by atoms with E-state index in [4.69, 9.17) is 30.8 Å². The second kappa shape index (κ2) is 23.8.